The van der Waals surface area contributed by atoms with Gasteiger partial charge in [0.2, 0.25) is 0 Å². The maximum absolute atomic E-state index is 12.5. The molecule has 14 heteroatoms. The van der Waals surface area contributed by atoms with Gasteiger partial charge in [-0.05, 0) is 24.6 Å². The van der Waals surface area contributed by atoms with E-state index in [9.17, 15) is 19.2 Å². The fraction of sp³-hybridized carbons (Fsp3) is 0.500. The minimum Gasteiger partial charge on any atom is -0.463 e. The lowest BCUT2D eigenvalue weighted by Crippen LogP contribution is -2.57. The number of halogens is 2. The largest absolute Gasteiger partial charge is 0.463 e. The fourth-order valence-electron chi connectivity index (χ4n) is 3.87. The number of carbonyl (C=O) groups is 4. The molecule has 0 amide bonds. The second-order valence-corrected chi connectivity index (χ2v) is 10.4. The third kappa shape index (κ3) is 7.68. The van der Waals surface area contributed by atoms with Crippen LogP contribution < -0.4 is 0 Å². The summed E-state index contributed by atoms with van der Waals surface area (Å²) in [5, 5.41) is 8.75. The number of aromatic nitrogens is 3. The average molecular weight is 588 g/mol. The van der Waals surface area contributed by atoms with Crippen LogP contribution in [0, 0.1) is 0 Å². The SMILES string of the molecule is CCCC(=O)c1cn(C2C(OC(C)=O)[C@@H](Sc3ccc(Cl)c(Cl)c3)OC(COC(C)=O)[C@@H]2OC(C)=O)nn1. The summed E-state index contributed by atoms with van der Waals surface area (Å²) in [4.78, 5) is 49.0. The van der Waals surface area contributed by atoms with Gasteiger partial charge in [0.05, 0.1) is 16.2 Å². The summed E-state index contributed by atoms with van der Waals surface area (Å²) >= 11 is 13.4. The summed E-state index contributed by atoms with van der Waals surface area (Å²) in [5.41, 5.74) is -0.806. The first-order valence-corrected chi connectivity index (χ1v) is 13.3. The zero-order chi connectivity index (χ0) is 28.0. The molecule has 1 aromatic heterocycles. The van der Waals surface area contributed by atoms with Gasteiger partial charge in [-0.2, -0.15) is 0 Å². The second kappa shape index (κ2) is 13.4. The van der Waals surface area contributed by atoms with Crippen molar-refractivity contribution in [3.05, 3.63) is 40.1 Å². The quantitative estimate of drug-likeness (QED) is 0.226. The zero-order valence-electron chi connectivity index (χ0n) is 21.1. The maximum Gasteiger partial charge on any atom is 0.303 e. The van der Waals surface area contributed by atoms with Crippen LogP contribution in [0.3, 0.4) is 0 Å². The molecule has 1 aliphatic heterocycles. The van der Waals surface area contributed by atoms with Crippen molar-refractivity contribution < 1.29 is 38.1 Å². The van der Waals surface area contributed by atoms with E-state index < -0.39 is 47.7 Å². The minimum atomic E-state index is -1.13. The molecule has 2 heterocycles. The van der Waals surface area contributed by atoms with Gasteiger partial charge in [0.15, 0.2) is 18.0 Å². The predicted molar refractivity (Wildman–Crippen MR) is 137 cm³/mol. The molecule has 38 heavy (non-hydrogen) atoms. The third-order valence-electron chi connectivity index (χ3n) is 5.39. The molecule has 1 aliphatic rings. The summed E-state index contributed by atoms with van der Waals surface area (Å²) in [6.45, 7) is 5.24. The summed E-state index contributed by atoms with van der Waals surface area (Å²) in [7, 11) is 0. The Hall–Kier alpha value is -2.67. The Bertz CT molecular complexity index is 1190. The number of benzene rings is 1. The monoisotopic (exact) mass is 587 g/mol. The van der Waals surface area contributed by atoms with Crippen molar-refractivity contribution in [3.8, 4) is 0 Å². The van der Waals surface area contributed by atoms with Crippen molar-refractivity contribution in [2.75, 3.05) is 6.61 Å². The molecule has 2 aromatic rings. The molecule has 1 aromatic carbocycles. The molecule has 1 saturated heterocycles. The number of nitrogens with zero attached hydrogens (tertiary/aromatic N) is 3. The Labute approximate surface area is 233 Å². The van der Waals surface area contributed by atoms with Crippen molar-refractivity contribution in [2.24, 2.45) is 0 Å². The summed E-state index contributed by atoms with van der Waals surface area (Å²) < 4.78 is 24.0. The van der Waals surface area contributed by atoms with Crippen LogP contribution in [-0.4, -0.2) is 69.0 Å². The van der Waals surface area contributed by atoms with Gasteiger partial charge in [-0.3, -0.25) is 19.2 Å². The molecule has 0 radical (unpaired) electrons. The van der Waals surface area contributed by atoms with Gasteiger partial charge in [-0.1, -0.05) is 47.1 Å². The van der Waals surface area contributed by atoms with Gasteiger partial charge >= 0.3 is 17.9 Å². The molecule has 1 fully saturated rings. The molecule has 5 atom stereocenters. The topological polar surface area (TPSA) is 136 Å². The van der Waals surface area contributed by atoms with Gasteiger partial charge < -0.3 is 18.9 Å². The number of hydrogen-bond acceptors (Lipinski definition) is 11. The van der Waals surface area contributed by atoms with E-state index in [0.717, 1.165) is 11.8 Å². The highest BCUT2D eigenvalue weighted by Crippen LogP contribution is 2.42. The highest BCUT2D eigenvalue weighted by Gasteiger charge is 2.52. The second-order valence-electron chi connectivity index (χ2n) is 8.43. The van der Waals surface area contributed by atoms with Crippen molar-refractivity contribution in [1.82, 2.24) is 15.0 Å². The standard InChI is InChI=1S/C24H27Cl2N3O8S/c1-5-6-19(33)18-10-29(28-27-18)21-22(35-13(3)31)20(11-34-12(2)30)37-24(23(21)36-14(4)32)38-15-7-8-16(25)17(26)9-15/h7-10,20-24H,5-6,11H2,1-4H3/t20?,21?,22-,23?,24+/m0/s1. The van der Waals surface area contributed by atoms with Gasteiger partial charge in [0, 0.05) is 32.1 Å². The number of thioether (sulfide) groups is 1. The highest BCUT2D eigenvalue weighted by molar-refractivity contribution is 7.99. The van der Waals surface area contributed by atoms with Crippen LogP contribution in [0.4, 0.5) is 0 Å². The smallest absolute Gasteiger partial charge is 0.303 e. The van der Waals surface area contributed by atoms with Crippen LogP contribution in [-0.2, 0) is 33.3 Å². The van der Waals surface area contributed by atoms with Gasteiger partial charge in [-0.25, -0.2) is 4.68 Å². The van der Waals surface area contributed by atoms with Gasteiger partial charge in [0.1, 0.15) is 29.9 Å². The van der Waals surface area contributed by atoms with E-state index in [2.05, 4.69) is 10.3 Å². The number of carbonyl (C=O) groups excluding carboxylic acids is 4. The Morgan fingerprint density at radius 1 is 1.03 bits per heavy atom. The zero-order valence-corrected chi connectivity index (χ0v) is 23.4. The fourth-order valence-corrected chi connectivity index (χ4v) is 5.38. The van der Waals surface area contributed by atoms with Crippen LogP contribution in [0.1, 0.15) is 57.1 Å². The van der Waals surface area contributed by atoms with Crippen LogP contribution >= 0.6 is 35.0 Å². The average Bonchev–Trinajstić information content (AvgIpc) is 3.31. The molecule has 206 valence electrons. The van der Waals surface area contributed by atoms with Crippen molar-refractivity contribution in [2.45, 2.75) is 75.2 Å². The number of ketones is 1. The van der Waals surface area contributed by atoms with Crippen LogP contribution in [0.5, 0.6) is 0 Å². The van der Waals surface area contributed by atoms with Crippen molar-refractivity contribution >= 4 is 58.7 Å². The molecule has 11 nitrogen and oxygen atoms in total. The minimum absolute atomic E-state index is 0.103. The number of hydrogen-bond donors (Lipinski definition) is 0. The van der Waals surface area contributed by atoms with Crippen molar-refractivity contribution in [3.63, 3.8) is 0 Å². The summed E-state index contributed by atoms with van der Waals surface area (Å²) in [6.07, 6.45) is -0.914. The Balaban J connectivity index is 2.10. The van der Waals surface area contributed by atoms with Crippen LogP contribution in [0.25, 0.3) is 0 Å². The van der Waals surface area contributed by atoms with Crippen LogP contribution in [0.15, 0.2) is 29.3 Å². The molecule has 3 unspecified atom stereocenters. The highest BCUT2D eigenvalue weighted by atomic mass is 35.5. The van der Waals surface area contributed by atoms with Crippen LogP contribution in [0.2, 0.25) is 10.0 Å². The number of esters is 3. The number of rotatable bonds is 10. The maximum atomic E-state index is 12.5. The van der Waals surface area contributed by atoms with Gasteiger partial charge in [-0.15, -0.1) is 5.10 Å². The van der Waals surface area contributed by atoms with Crippen molar-refractivity contribution in [1.29, 1.82) is 0 Å². The van der Waals surface area contributed by atoms with E-state index in [4.69, 9.17) is 42.1 Å². The number of ether oxygens (including phenoxy) is 4. The first kappa shape index (κ1) is 29.9. The van der Waals surface area contributed by atoms with E-state index in [1.165, 1.54) is 31.6 Å². The lowest BCUT2D eigenvalue weighted by molar-refractivity contribution is -0.212. The van der Waals surface area contributed by atoms with E-state index in [1.54, 1.807) is 18.2 Å². The molecule has 0 N–H and O–H groups in total. The molecule has 3 rings (SSSR count). The number of Topliss-reactive ketones (excluding diaryl/α,β-unsaturated/α-hetero) is 1. The normalized spacial score (nSPS) is 22.9. The van der Waals surface area contributed by atoms with E-state index in [0.29, 0.717) is 21.4 Å². The summed E-state index contributed by atoms with van der Waals surface area (Å²) in [6, 6.07) is 3.94. The Kier molecular flexibility index (Phi) is 10.5. The molecule has 0 bridgehead atoms. The molecule has 0 saturated carbocycles. The van der Waals surface area contributed by atoms with E-state index in [1.807, 2.05) is 6.92 Å². The first-order valence-electron chi connectivity index (χ1n) is 11.7. The predicted octanol–water partition coefficient (Wildman–Crippen LogP) is 4.05. The molecule has 0 aliphatic carbocycles. The molecule has 0 spiro atoms. The molecular formula is C24H27Cl2N3O8S. The Morgan fingerprint density at radius 2 is 1.71 bits per heavy atom. The summed E-state index contributed by atoms with van der Waals surface area (Å²) in [5.74, 6) is -2.09. The third-order valence-corrected chi connectivity index (χ3v) is 7.27. The van der Waals surface area contributed by atoms with Gasteiger partial charge in [0.25, 0.3) is 0 Å². The lowest BCUT2D eigenvalue weighted by atomic mass is 9.96. The lowest BCUT2D eigenvalue weighted by Gasteiger charge is -2.44. The van der Waals surface area contributed by atoms with E-state index in [-0.39, 0.29) is 24.5 Å². The first-order chi connectivity index (χ1) is 18.0. The molecular weight excluding hydrogens is 561 g/mol. The van der Waals surface area contributed by atoms with E-state index >= 15 is 0 Å². The Morgan fingerprint density at radius 3 is 2.32 bits per heavy atom.